The molecule has 0 aliphatic rings. The molecule has 3 N–H and O–H groups in total. The fraction of sp³-hybridized carbons (Fsp3) is 0.314. The number of aliphatic hydroxyl groups excluding tert-OH is 1. The Hall–Kier alpha value is -6.24. The first-order chi connectivity index (χ1) is 37.6. The van der Waals surface area contributed by atoms with Crippen molar-refractivity contribution in [3.63, 3.8) is 0 Å². The number of hydrogen-bond donors (Lipinski definition) is 2. The van der Waals surface area contributed by atoms with Crippen LogP contribution in [0.4, 0.5) is 0 Å². The molecule has 0 saturated heterocycles. The molecule has 5 aromatic carbocycles. The van der Waals surface area contributed by atoms with Gasteiger partial charge in [0, 0.05) is 57.7 Å². The Balaban J connectivity index is 0.00000131. The number of aliphatic hydroxyl groups is 1. The maximum absolute atomic E-state index is 7.89. The van der Waals surface area contributed by atoms with Gasteiger partial charge in [0.2, 0.25) is 0 Å². The molecule has 0 unspecified atom stereocenters. The van der Waals surface area contributed by atoms with Crippen molar-refractivity contribution in [2.24, 2.45) is 5.64 Å². The van der Waals surface area contributed by atoms with E-state index >= 15 is 0 Å². The third kappa shape index (κ3) is 34.0. The molecule has 0 saturated carbocycles. The molecular weight excluding hydrogens is 1040 g/mol. The van der Waals surface area contributed by atoms with Crippen molar-refractivity contribution in [3.8, 4) is 107 Å². The largest absolute Gasteiger partial charge is 1.00 e. The number of nitrogens with two attached hydrogens (primary N) is 1. The van der Waals surface area contributed by atoms with E-state index < -0.39 is 23.2 Å². The Bertz CT molecular complexity index is 3270. The molecule has 0 fully saturated rings. The minimum Gasteiger partial charge on any atom is -0.668 e. The quantitative estimate of drug-likeness (QED) is 0.102. The monoisotopic (exact) mass is 1120 g/mol. The molecule has 402 valence electrons. The number of terminal acetylenes is 1. The molecule has 0 amide bonds. The first-order valence-corrected chi connectivity index (χ1v) is 34.4. The van der Waals surface area contributed by atoms with Crippen molar-refractivity contribution in [2.75, 3.05) is 6.51 Å². The van der Waals surface area contributed by atoms with Crippen LogP contribution in [0.2, 0.25) is 49.3 Å². The van der Waals surface area contributed by atoms with Crippen LogP contribution in [-0.2, 0) is 25.7 Å². The minimum atomic E-state index is -1.11. The molecule has 0 atom stereocenters. The molecular formula is C70H77B2Cl2LiN2OSi2. The van der Waals surface area contributed by atoms with Crippen LogP contribution >= 0.6 is 23.2 Å². The van der Waals surface area contributed by atoms with Crippen LogP contribution in [0.5, 0.6) is 0 Å². The van der Waals surface area contributed by atoms with Crippen LogP contribution < -0.4 is 24.5 Å². The second-order valence-corrected chi connectivity index (χ2v) is 30.2. The van der Waals surface area contributed by atoms with E-state index in [4.69, 9.17) is 52.8 Å². The van der Waals surface area contributed by atoms with E-state index in [9.17, 15) is 0 Å². The van der Waals surface area contributed by atoms with Crippen LogP contribution in [0, 0.1) is 121 Å². The van der Waals surface area contributed by atoms with Crippen molar-refractivity contribution >= 4 is 54.1 Å². The third-order valence-electron chi connectivity index (χ3n) is 10.8. The van der Waals surface area contributed by atoms with Gasteiger partial charge in [0.05, 0.1) is 0 Å². The van der Waals surface area contributed by atoms with Gasteiger partial charge >= 0.3 is 18.9 Å². The second kappa shape index (κ2) is 42.6. The molecule has 0 heterocycles. The van der Waals surface area contributed by atoms with Gasteiger partial charge in [-0.25, -0.2) is 0 Å². The Kier molecular flexibility index (Phi) is 39.3. The summed E-state index contributed by atoms with van der Waals surface area (Å²) in [6.45, 7) is 27.6. The molecule has 10 heteroatoms. The molecule has 0 bridgehead atoms. The molecule has 80 heavy (non-hydrogen) atoms. The van der Waals surface area contributed by atoms with Crippen molar-refractivity contribution in [1.29, 1.82) is 0 Å². The topological polar surface area (TPSA) is 60.4 Å². The zero-order valence-electron chi connectivity index (χ0n) is 50.1. The minimum absolute atomic E-state index is 0. The van der Waals surface area contributed by atoms with Gasteiger partial charge in [-0.2, -0.15) is 0 Å². The maximum atomic E-state index is 7.89. The van der Waals surface area contributed by atoms with E-state index in [0.717, 1.165) is 73.8 Å². The molecule has 2 radical (unpaired) electrons. The Labute approximate surface area is 511 Å². The van der Waals surface area contributed by atoms with E-state index in [1.165, 1.54) is 54.4 Å². The summed E-state index contributed by atoms with van der Waals surface area (Å²) in [6, 6.07) is 32.5. The molecule has 5 aromatic rings. The number of hydrogen-bond acceptors (Lipinski definition) is 2. The van der Waals surface area contributed by atoms with Crippen LogP contribution in [0.3, 0.4) is 0 Å². The van der Waals surface area contributed by atoms with Gasteiger partial charge < -0.3 is 15.4 Å². The Morgan fingerprint density at radius 2 is 0.900 bits per heavy atom. The fourth-order valence-corrected chi connectivity index (χ4v) is 15.8. The number of benzene rings is 5. The third-order valence-corrected chi connectivity index (χ3v) is 17.0. The van der Waals surface area contributed by atoms with Crippen molar-refractivity contribution < 1.29 is 24.0 Å². The van der Waals surface area contributed by atoms with Gasteiger partial charge in [-0.3, -0.25) is 0 Å². The standard InChI is InChI=1S/C42H30.C12H14.C9H10Cl2.C6H18NSi2.CH5B2NO.Li/c1-5-8-10-11-12-13-14-15-16-17-18-20-37-23-27-39(28-24-37)30-32-41-34-33-40(35(4)42(41)7-3)31-29-38-25-21-36(22-26-38)19-9-6-2;1-3-5-6-12-9-7-11(4-2)8-10-12;1-3-7-6(2)8(10)4-5-9(7)11;1-8(2,3)7-9(4,5)6;2-3(4)1-5;/h21-28,33-34H,6-7,9,19H2,1-4H3;2,7-10H,3,5-6H2,1H3;4-5H,3H2,1-2H3;1-6H3;5H,1,4H2;/q;;;-1;;+1. The number of nitrogens with zero attached hydrogens (tertiary/aromatic N) is 1. The molecule has 0 spiro atoms. The van der Waals surface area contributed by atoms with Gasteiger partial charge in [0.1, 0.15) is 0 Å². The predicted molar refractivity (Wildman–Crippen MR) is 352 cm³/mol. The molecule has 0 aromatic heterocycles. The number of unbranched alkanes of at least 4 members (excludes halogenated alkanes) is 2. The second-order valence-electron chi connectivity index (χ2n) is 19.9. The molecule has 3 nitrogen and oxygen atoms in total. The Morgan fingerprint density at radius 1 is 0.525 bits per heavy atom. The van der Waals surface area contributed by atoms with Gasteiger partial charge in [-0.15, -0.1) is 6.42 Å². The average molecular weight is 1120 g/mol. The first kappa shape index (κ1) is 73.8. The van der Waals surface area contributed by atoms with Gasteiger partial charge in [0.25, 0.3) is 0 Å². The van der Waals surface area contributed by atoms with Crippen LogP contribution in [0.1, 0.15) is 127 Å². The zero-order chi connectivity index (χ0) is 59.1. The smallest absolute Gasteiger partial charge is 0.668 e. The van der Waals surface area contributed by atoms with E-state index in [1.54, 1.807) is 6.92 Å². The van der Waals surface area contributed by atoms with Crippen LogP contribution in [0.15, 0.2) is 97.1 Å². The van der Waals surface area contributed by atoms with Crippen molar-refractivity contribution in [1.82, 2.24) is 0 Å². The number of aryl methyl sites for hydroxylation is 2. The zero-order valence-corrected chi connectivity index (χ0v) is 53.6. The van der Waals surface area contributed by atoms with Gasteiger partial charge in [0.15, 0.2) is 6.74 Å². The molecule has 5 rings (SSSR count). The summed E-state index contributed by atoms with van der Waals surface area (Å²) in [5, 5.41) is 9.51. The van der Waals surface area contributed by atoms with Gasteiger partial charge in [-0.05, 0) is 225 Å². The number of halogens is 2. The van der Waals surface area contributed by atoms with E-state index in [2.05, 4.69) is 223 Å². The van der Waals surface area contributed by atoms with E-state index in [1.807, 2.05) is 55.5 Å². The molecule has 0 aliphatic heterocycles. The summed E-state index contributed by atoms with van der Waals surface area (Å²) >= 11 is 11.8. The summed E-state index contributed by atoms with van der Waals surface area (Å²) in [5.41, 5.74) is 18.1. The van der Waals surface area contributed by atoms with Crippen LogP contribution in [0.25, 0.3) is 4.65 Å². The maximum Gasteiger partial charge on any atom is 1.00 e. The van der Waals surface area contributed by atoms with E-state index in [-0.39, 0.29) is 25.4 Å². The fourth-order valence-electron chi connectivity index (χ4n) is 7.22. The van der Waals surface area contributed by atoms with Crippen molar-refractivity contribution in [2.45, 2.75) is 139 Å². The SMILES string of the molecule is C#Cc1ccc(CCCC)cc1.CC#CC#CC#CC#CC#CC#Cc1ccc(C#Cc2ccc(C#Cc3ccc(CCCC)cc3)c(C)c2CC)cc1.CCc1c(Cl)ccc(Cl)c1C.C[Si](C)(C)[N-][Si](C)(C)C.[B]B(N)CO.[Li+]. The normalized spacial score (nSPS) is 9.20. The molecule has 0 aliphatic carbocycles. The van der Waals surface area contributed by atoms with E-state index in [0.29, 0.717) is 0 Å². The first-order valence-electron chi connectivity index (χ1n) is 26.8. The predicted octanol–water partition coefficient (Wildman–Crippen LogP) is 12.1. The number of rotatable bonds is 11. The van der Waals surface area contributed by atoms with Gasteiger partial charge in [-0.1, -0.05) is 185 Å². The summed E-state index contributed by atoms with van der Waals surface area (Å²) in [5.74, 6) is 48.0. The Morgan fingerprint density at radius 3 is 1.27 bits per heavy atom. The summed E-state index contributed by atoms with van der Waals surface area (Å²) in [6.07, 6.45) is 14.3. The van der Waals surface area contributed by atoms with Crippen LogP contribution in [-0.4, -0.2) is 42.6 Å². The van der Waals surface area contributed by atoms with Crippen molar-refractivity contribution in [3.05, 3.63) is 179 Å². The summed E-state index contributed by atoms with van der Waals surface area (Å²) < 4.78 is 4.82. The average Bonchev–Trinajstić information content (AvgIpc) is 3.42. The summed E-state index contributed by atoms with van der Waals surface area (Å²) in [4.78, 5) is 0. The summed E-state index contributed by atoms with van der Waals surface area (Å²) in [7, 11) is 2.61.